The number of hydrogen-bond donors (Lipinski definition) is 1. The summed E-state index contributed by atoms with van der Waals surface area (Å²) in [6, 6.07) is 7.87. The van der Waals surface area contributed by atoms with E-state index in [9.17, 15) is 0 Å². The normalized spacial score (nSPS) is 13.6. The number of hydrogen-bond acceptors (Lipinski definition) is 4. The van der Waals surface area contributed by atoms with Crippen LogP contribution in [0.5, 0.6) is 11.5 Å². The van der Waals surface area contributed by atoms with Crippen molar-refractivity contribution in [2.45, 2.75) is 13.0 Å². The predicted octanol–water partition coefficient (Wildman–Crippen LogP) is 4.38. The number of ether oxygens (including phenoxy) is 2. The Hall–Kier alpha value is -1.27. The molecule has 0 radical (unpaired) electrons. The molecule has 0 unspecified atom stereocenters. The third kappa shape index (κ3) is 3.68. The van der Waals surface area contributed by atoms with Crippen molar-refractivity contribution in [1.82, 2.24) is 4.98 Å². The molecular formula is C15H14Br2N2O2. The van der Waals surface area contributed by atoms with Crippen LogP contribution in [0, 0.1) is 0 Å². The van der Waals surface area contributed by atoms with Gasteiger partial charge in [0.15, 0.2) is 11.5 Å². The van der Waals surface area contributed by atoms with E-state index in [4.69, 9.17) is 9.47 Å². The Morgan fingerprint density at radius 2 is 1.90 bits per heavy atom. The number of nitrogens with one attached hydrogen (secondary N) is 1. The first-order chi connectivity index (χ1) is 10.2. The molecule has 0 amide bonds. The molecule has 1 aromatic carbocycles. The monoisotopic (exact) mass is 412 g/mol. The van der Waals surface area contributed by atoms with Crippen molar-refractivity contribution in [3.8, 4) is 11.5 Å². The average Bonchev–Trinajstić information content (AvgIpc) is 2.71. The van der Waals surface area contributed by atoms with E-state index in [1.54, 1.807) is 6.20 Å². The van der Waals surface area contributed by atoms with Crippen LogP contribution in [0.4, 0.5) is 5.69 Å². The van der Waals surface area contributed by atoms with Crippen molar-refractivity contribution in [2.75, 3.05) is 18.5 Å². The Morgan fingerprint density at radius 3 is 2.71 bits per heavy atom. The number of halogens is 2. The topological polar surface area (TPSA) is 43.4 Å². The lowest BCUT2D eigenvalue weighted by Crippen LogP contribution is -2.03. The quantitative estimate of drug-likeness (QED) is 0.810. The molecule has 2 aromatic rings. The van der Waals surface area contributed by atoms with Crippen LogP contribution in [-0.2, 0) is 6.54 Å². The van der Waals surface area contributed by atoms with E-state index in [1.165, 1.54) is 0 Å². The molecule has 3 rings (SSSR count). The maximum atomic E-state index is 5.68. The van der Waals surface area contributed by atoms with Crippen molar-refractivity contribution in [3.63, 3.8) is 0 Å². The zero-order valence-electron chi connectivity index (χ0n) is 11.2. The van der Waals surface area contributed by atoms with E-state index in [0.717, 1.165) is 38.2 Å². The maximum Gasteiger partial charge on any atom is 0.163 e. The molecule has 21 heavy (non-hydrogen) atoms. The highest BCUT2D eigenvalue weighted by atomic mass is 79.9. The molecular weight excluding hydrogens is 400 g/mol. The van der Waals surface area contributed by atoms with Gasteiger partial charge in [-0.05, 0) is 50.1 Å². The third-order valence-electron chi connectivity index (χ3n) is 3.09. The first kappa shape index (κ1) is 14.7. The minimum Gasteiger partial charge on any atom is -0.490 e. The fourth-order valence-corrected chi connectivity index (χ4v) is 3.16. The van der Waals surface area contributed by atoms with Crippen LogP contribution in [0.3, 0.4) is 0 Å². The van der Waals surface area contributed by atoms with Gasteiger partial charge in [0, 0.05) is 33.3 Å². The molecule has 1 aromatic heterocycles. The Balaban J connectivity index is 1.72. The van der Waals surface area contributed by atoms with Crippen molar-refractivity contribution in [2.24, 2.45) is 0 Å². The van der Waals surface area contributed by atoms with Gasteiger partial charge in [-0.2, -0.15) is 0 Å². The molecule has 1 N–H and O–H groups in total. The van der Waals surface area contributed by atoms with Crippen LogP contribution in [0.2, 0.25) is 0 Å². The van der Waals surface area contributed by atoms with Gasteiger partial charge in [0.05, 0.1) is 25.5 Å². The van der Waals surface area contributed by atoms with Crippen molar-refractivity contribution >= 4 is 37.5 Å². The summed E-state index contributed by atoms with van der Waals surface area (Å²) in [6.45, 7) is 2.03. The van der Waals surface area contributed by atoms with Gasteiger partial charge in [-0.1, -0.05) is 0 Å². The summed E-state index contributed by atoms with van der Waals surface area (Å²) in [7, 11) is 0. The van der Waals surface area contributed by atoms with Crippen LogP contribution in [-0.4, -0.2) is 18.2 Å². The van der Waals surface area contributed by atoms with Crippen LogP contribution in [0.15, 0.2) is 39.4 Å². The second kappa shape index (κ2) is 6.66. The maximum absolute atomic E-state index is 5.68. The highest BCUT2D eigenvalue weighted by Gasteiger charge is 2.11. The number of nitrogens with zero attached hydrogens (tertiary/aromatic N) is 1. The van der Waals surface area contributed by atoms with Gasteiger partial charge in [0.25, 0.3) is 0 Å². The number of benzene rings is 1. The first-order valence-corrected chi connectivity index (χ1v) is 8.24. The Kier molecular flexibility index (Phi) is 4.65. The second-order valence-electron chi connectivity index (χ2n) is 4.65. The fourth-order valence-electron chi connectivity index (χ4n) is 2.03. The van der Waals surface area contributed by atoms with E-state index in [0.29, 0.717) is 19.8 Å². The smallest absolute Gasteiger partial charge is 0.163 e. The molecule has 0 aliphatic carbocycles. The lowest BCUT2D eigenvalue weighted by atomic mass is 10.2. The lowest BCUT2D eigenvalue weighted by molar-refractivity contribution is 0.297. The van der Waals surface area contributed by atoms with Crippen LogP contribution < -0.4 is 14.8 Å². The summed E-state index contributed by atoms with van der Waals surface area (Å²) in [6.07, 6.45) is 2.70. The molecule has 0 bridgehead atoms. The first-order valence-electron chi connectivity index (χ1n) is 6.66. The number of anilines is 1. The molecule has 6 heteroatoms. The molecule has 0 spiro atoms. The van der Waals surface area contributed by atoms with Gasteiger partial charge < -0.3 is 14.8 Å². The minimum atomic E-state index is 0.632. The van der Waals surface area contributed by atoms with Crippen molar-refractivity contribution in [1.29, 1.82) is 0 Å². The third-order valence-corrected chi connectivity index (χ3v) is 4.21. The zero-order valence-corrected chi connectivity index (χ0v) is 14.4. The number of fused-ring (bicyclic) bond motifs is 1. The lowest BCUT2D eigenvalue weighted by Gasteiger charge is -2.11. The average molecular weight is 414 g/mol. The van der Waals surface area contributed by atoms with Crippen molar-refractivity contribution < 1.29 is 9.47 Å². The molecule has 2 heterocycles. The zero-order chi connectivity index (χ0) is 14.7. The SMILES string of the molecule is Brc1cnc(CNc2ccc3c(c2)OCCCO3)c(Br)c1. The summed E-state index contributed by atoms with van der Waals surface area (Å²) in [5.74, 6) is 1.60. The summed E-state index contributed by atoms with van der Waals surface area (Å²) in [4.78, 5) is 4.38. The van der Waals surface area contributed by atoms with E-state index < -0.39 is 0 Å². The molecule has 0 saturated carbocycles. The van der Waals surface area contributed by atoms with Crippen LogP contribution >= 0.6 is 31.9 Å². The molecule has 1 aliphatic heterocycles. The van der Waals surface area contributed by atoms with Crippen LogP contribution in [0.1, 0.15) is 12.1 Å². The molecule has 1 aliphatic rings. The highest BCUT2D eigenvalue weighted by molar-refractivity contribution is 9.11. The van der Waals surface area contributed by atoms with Gasteiger partial charge in [-0.15, -0.1) is 0 Å². The molecule has 0 fully saturated rings. The van der Waals surface area contributed by atoms with E-state index in [1.807, 2.05) is 24.3 Å². The van der Waals surface area contributed by atoms with E-state index in [2.05, 4.69) is 42.2 Å². The van der Waals surface area contributed by atoms with Gasteiger partial charge in [-0.25, -0.2) is 0 Å². The standard InChI is InChI=1S/C15H14Br2N2O2/c16-10-6-12(17)13(19-8-10)9-18-11-2-3-14-15(7-11)21-5-1-4-20-14/h2-3,6-8,18H,1,4-5,9H2. The Morgan fingerprint density at radius 1 is 1.10 bits per heavy atom. The van der Waals surface area contributed by atoms with E-state index >= 15 is 0 Å². The van der Waals surface area contributed by atoms with E-state index in [-0.39, 0.29) is 0 Å². The number of rotatable bonds is 3. The van der Waals surface area contributed by atoms with Gasteiger partial charge in [-0.3, -0.25) is 4.98 Å². The van der Waals surface area contributed by atoms with Gasteiger partial charge in [0.1, 0.15) is 0 Å². The molecule has 110 valence electrons. The van der Waals surface area contributed by atoms with Crippen LogP contribution in [0.25, 0.3) is 0 Å². The Labute approximate surface area is 140 Å². The summed E-state index contributed by atoms with van der Waals surface area (Å²) in [5.41, 5.74) is 1.93. The number of aromatic nitrogens is 1. The molecule has 0 atom stereocenters. The molecule has 4 nitrogen and oxygen atoms in total. The number of pyridine rings is 1. The largest absolute Gasteiger partial charge is 0.490 e. The second-order valence-corrected chi connectivity index (χ2v) is 6.42. The highest BCUT2D eigenvalue weighted by Crippen LogP contribution is 2.32. The summed E-state index contributed by atoms with van der Waals surface area (Å²) < 4.78 is 13.2. The van der Waals surface area contributed by atoms with Crippen molar-refractivity contribution in [3.05, 3.63) is 45.1 Å². The van der Waals surface area contributed by atoms with Gasteiger partial charge >= 0.3 is 0 Å². The molecule has 0 saturated heterocycles. The summed E-state index contributed by atoms with van der Waals surface area (Å²) >= 11 is 6.91. The Bertz CT molecular complexity index is 650. The predicted molar refractivity (Wildman–Crippen MR) is 89.0 cm³/mol. The van der Waals surface area contributed by atoms with Gasteiger partial charge in [0.2, 0.25) is 0 Å². The minimum absolute atomic E-state index is 0.632. The fraction of sp³-hybridized carbons (Fsp3) is 0.267. The summed E-state index contributed by atoms with van der Waals surface area (Å²) in [5, 5.41) is 3.35.